The molecule has 0 bridgehead atoms. The average molecular weight is 360 g/mol. The second-order valence-electron chi connectivity index (χ2n) is 6.19. The highest BCUT2D eigenvalue weighted by Crippen LogP contribution is 2.23. The van der Waals surface area contributed by atoms with Gasteiger partial charge in [-0.3, -0.25) is 4.79 Å². The molecule has 0 radical (unpaired) electrons. The minimum absolute atomic E-state index is 0.140. The molecule has 0 aliphatic carbocycles. The van der Waals surface area contributed by atoms with Crippen molar-refractivity contribution in [1.29, 1.82) is 0 Å². The van der Waals surface area contributed by atoms with Gasteiger partial charge in [-0.2, -0.15) is 0 Å². The van der Waals surface area contributed by atoms with Gasteiger partial charge in [0.1, 0.15) is 11.6 Å². The minimum atomic E-state index is -0.615. The molecule has 0 heterocycles. The van der Waals surface area contributed by atoms with Gasteiger partial charge in [0.25, 0.3) is 5.91 Å². The first-order valence-electron chi connectivity index (χ1n) is 9.11. The molecule has 0 spiro atoms. The molecule has 5 heteroatoms. The monoisotopic (exact) mass is 360 g/mol. The summed E-state index contributed by atoms with van der Waals surface area (Å²) < 4.78 is 26.8. The van der Waals surface area contributed by atoms with Crippen LogP contribution in [0.15, 0.2) is 42.5 Å². The molecule has 26 heavy (non-hydrogen) atoms. The Hall–Kier alpha value is -2.27. The zero-order chi connectivity index (χ0) is 18.9. The highest BCUT2D eigenvalue weighted by molar-refractivity contribution is 5.94. The number of nitrogens with zero attached hydrogens (tertiary/aromatic N) is 1. The summed E-state index contributed by atoms with van der Waals surface area (Å²) >= 11 is 0. The zero-order valence-electron chi connectivity index (χ0n) is 15.4. The molecule has 140 valence electrons. The largest absolute Gasteiger partial charge is 0.352 e. The van der Waals surface area contributed by atoms with Crippen LogP contribution < -0.4 is 5.32 Å². The SMILES string of the molecule is CCN(CC)CCCCNC(=O)c1ccc(-c2ccc(F)cc2F)cc1. The fraction of sp³-hybridized carbons (Fsp3) is 0.381. The molecule has 0 unspecified atom stereocenters. The predicted molar refractivity (Wildman–Crippen MR) is 101 cm³/mol. The van der Waals surface area contributed by atoms with E-state index in [2.05, 4.69) is 24.1 Å². The third kappa shape index (κ3) is 5.63. The first-order valence-corrected chi connectivity index (χ1v) is 9.11. The molecule has 2 aromatic carbocycles. The van der Waals surface area contributed by atoms with Crippen molar-refractivity contribution in [1.82, 2.24) is 10.2 Å². The first kappa shape index (κ1) is 20.0. The Balaban J connectivity index is 1.85. The van der Waals surface area contributed by atoms with Gasteiger partial charge < -0.3 is 10.2 Å². The summed E-state index contributed by atoms with van der Waals surface area (Å²) in [5, 5.41) is 2.91. The number of hydrogen-bond acceptors (Lipinski definition) is 2. The molecular formula is C21H26F2N2O. The number of benzene rings is 2. The maximum atomic E-state index is 13.8. The van der Waals surface area contributed by atoms with Crippen molar-refractivity contribution in [3.8, 4) is 11.1 Å². The molecule has 0 saturated heterocycles. The van der Waals surface area contributed by atoms with Crippen molar-refractivity contribution in [2.24, 2.45) is 0 Å². The standard InChI is InChI=1S/C21H26F2N2O/c1-3-25(4-2)14-6-5-13-24-21(26)17-9-7-16(8-10-17)19-12-11-18(22)15-20(19)23/h7-12,15H,3-6,13-14H2,1-2H3,(H,24,26). The highest BCUT2D eigenvalue weighted by atomic mass is 19.1. The van der Waals surface area contributed by atoms with E-state index in [-0.39, 0.29) is 5.91 Å². The Morgan fingerprint density at radius 1 is 1.00 bits per heavy atom. The number of unbranched alkanes of at least 4 members (excludes halogenated alkanes) is 1. The van der Waals surface area contributed by atoms with E-state index in [0.29, 0.717) is 23.2 Å². The van der Waals surface area contributed by atoms with E-state index >= 15 is 0 Å². The van der Waals surface area contributed by atoms with Crippen LogP contribution in [0.25, 0.3) is 11.1 Å². The fourth-order valence-electron chi connectivity index (χ4n) is 2.83. The molecule has 2 aromatic rings. The van der Waals surface area contributed by atoms with E-state index < -0.39 is 11.6 Å². The number of nitrogens with one attached hydrogen (secondary N) is 1. The van der Waals surface area contributed by atoms with Crippen molar-refractivity contribution >= 4 is 5.91 Å². The number of halogens is 2. The third-order valence-corrected chi connectivity index (χ3v) is 4.47. The summed E-state index contributed by atoms with van der Waals surface area (Å²) in [6.45, 7) is 8.06. The van der Waals surface area contributed by atoms with Crippen LogP contribution in [0.3, 0.4) is 0 Å². The van der Waals surface area contributed by atoms with Gasteiger partial charge in [-0.25, -0.2) is 8.78 Å². The van der Waals surface area contributed by atoms with Crippen molar-refractivity contribution in [2.75, 3.05) is 26.2 Å². The lowest BCUT2D eigenvalue weighted by atomic mass is 10.0. The molecule has 1 N–H and O–H groups in total. The van der Waals surface area contributed by atoms with Crippen LogP contribution in [-0.2, 0) is 0 Å². The van der Waals surface area contributed by atoms with Crippen LogP contribution in [0, 0.1) is 11.6 Å². The molecule has 0 aliphatic heterocycles. The Kier molecular flexibility index (Phi) is 7.73. The zero-order valence-corrected chi connectivity index (χ0v) is 15.4. The number of rotatable bonds is 9. The van der Waals surface area contributed by atoms with Gasteiger partial charge in [-0.05, 0) is 62.3 Å². The van der Waals surface area contributed by atoms with Crippen LogP contribution >= 0.6 is 0 Å². The Morgan fingerprint density at radius 2 is 1.69 bits per heavy atom. The van der Waals surface area contributed by atoms with Crippen molar-refractivity contribution in [3.05, 3.63) is 59.7 Å². The lowest BCUT2D eigenvalue weighted by Gasteiger charge is -2.17. The lowest BCUT2D eigenvalue weighted by molar-refractivity contribution is 0.0952. The molecular weight excluding hydrogens is 334 g/mol. The molecule has 3 nitrogen and oxygen atoms in total. The van der Waals surface area contributed by atoms with E-state index in [9.17, 15) is 13.6 Å². The predicted octanol–water partition coefficient (Wildman–Crippen LogP) is 4.48. The molecule has 0 atom stereocenters. The summed E-state index contributed by atoms with van der Waals surface area (Å²) in [6, 6.07) is 10.1. The van der Waals surface area contributed by atoms with E-state index in [0.717, 1.165) is 38.5 Å². The van der Waals surface area contributed by atoms with Gasteiger partial charge in [-0.1, -0.05) is 26.0 Å². The number of amides is 1. The van der Waals surface area contributed by atoms with E-state index in [1.807, 2.05) is 0 Å². The second kappa shape index (κ2) is 10.0. The topological polar surface area (TPSA) is 32.3 Å². The molecule has 0 saturated carbocycles. The Morgan fingerprint density at radius 3 is 2.31 bits per heavy atom. The summed E-state index contributed by atoms with van der Waals surface area (Å²) in [5.41, 5.74) is 1.45. The summed E-state index contributed by atoms with van der Waals surface area (Å²) in [7, 11) is 0. The van der Waals surface area contributed by atoms with Gasteiger partial charge in [0.15, 0.2) is 0 Å². The van der Waals surface area contributed by atoms with Crippen molar-refractivity contribution in [2.45, 2.75) is 26.7 Å². The van der Waals surface area contributed by atoms with Crippen molar-refractivity contribution in [3.63, 3.8) is 0 Å². The first-order chi connectivity index (χ1) is 12.5. The Bertz CT molecular complexity index is 712. The molecule has 1 amide bonds. The van der Waals surface area contributed by atoms with Crippen LogP contribution in [0.4, 0.5) is 8.78 Å². The number of hydrogen-bond donors (Lipinski definition) is 1. The van der Waals surface area contributed by atoms with E-state index in [1.165, 1.54) is 12.1 Å². The number of carbonyl (C=O) groups excluding carboxylic acids is 1. The lowest BCUT2D eigenvalue weighted by Crippen LogP contribution is -2.27. The van der Waals surface area contributed by atoms with Gasteiger partial charge >= 0.3 is 0 Å². The average Bonchev–Trinajstić information content (AvgIpc) is 2.65. The quantitative estimate of drug-likeness (QED) is 0.669. The fourth-order valence-corrected chi connectivity index (χ4v) is 2.83. The highest BCUT2D eigenvalue weighted by Gasteiger charge is 2.09. The minimum Gasteiger partial charge on any atom is -0.352 e. The Labute approximate surface area is 154 Å². The van der Waals surface area contributed by atoms with E-state index in [4.69, 9.17) is 0 Å². The molecule has 2 rings (SSSR count). The number of carbonyl (C=O) groups is 1. The van der Waals surface area contributed by atoms with Gasteiger partial charge in [-0.15, -0.1) is 0 Å². The van der Waals surface area contributed by atoms with Crippen LogP contribution in [0.2, 0.25) is 0 Å². The van der Waals surface area contributed by atoms with Crippen LogP contribution in [0.1, 0.15) is 37.0 Å². The molecule has 0 aliphatic rings. The third-order valence-electron chi connectivity index (χ3n) is 4.47. The van der Waals surface area contributed by atoms with Gasteiger partial charge in [0.05, 0.1) is 0 Å². The summed E-state index contributed by atoms with van der Waals surface area (Å²) in [6.07, 6.45) is 1.98. The van der Waals surface area contributed by atoms with Crippen molar-refractivity contribution < 1.29 is 13.6 Å². The van der Waals surface area contributed by atoms with E-state index in [1.54, 1.807) is 24.3 Å². The maximum absolute atomic E-state index is 13.8. The maximum Gasteiger partial charge on any atom is 0.251 e. The van der Waals surface area contributed by atoms with Crippen LogP contribution in [0.5, 0.6) is 0 Å². The smallest absolute Gasteiger partial charge is 0.251 e. The van der Waals surface area contributed by atoms with Gasteiger partial charge in [0, 0.05) is 23.7 Å². The van der Waals surface area contributed by atoms with Gasteiger partial charge in [0.2, 0.25) is 0 Å². The summed E-state index contributed by atoms with van der Waals surface area (Å²) in [5.74, 6) is -1.36. The normalized spacial score (nSPS) is 11.0. The summed E-state index contributed by atoms with van der Waals surface area (Å²) in [4.78, 5) is 14.5. The molecule has 0 aromatic heterocycles. The second-order valence-corrected chi connectivity index (χ2v) is 6.19. The molecule has 0 fully saturated rings. The van der Waals surface area contributed by atoms with Crippen LogP contribution in [-0.4, -0.2) is 37.0 Å².